The SMILES string of the molecule is O=C(O)c1ccc(OCCCS(=O)Cc2ccc(Cl)c(Cl)c2)cc1. The second-order valence-electron chi connectivity index (χ2n) is 5.07. The molecule has 0 amide bonds. The highest BCUT2D eigenvalue weighted by Gasteiger charge is 2.06. The van der Waals surface area contributed by atoms with Crippen LogP contribution in [-0.4, -0.2) is 27.6 Å². The quantitative estimate of drug-likeness (QED) is 0.682. The summed E-state index contributed by atoms with van der Waals surface area (Å²) in [7, 11) is -1.01. The van der Waals surface area contributed by atoms with E-state index in [1.807, 2.05) is 6.07 Å². The third kappa shape index (κ3) is 5.82. The van der Waals surface area contributed by atoms with Crippen LogP contribution in [0.5, 0.6) is 5.75 Å². The molecular formula is C17H16Cl2O4S. The molecular weight excluding hydrogens is 371 g/mol. The topological polar surface area (TPSA) is 63.6 Å². The van der Waals surface area contributed by atoms with Gasteiger partial charge in [0.15, 0.2) is 0 Å². The molecule has 1 atom stereocenters. The van der Waals surface area contributed by atoms with Crippen LogP contribution in [0.25, 0.3) is 0 Å². The smallest absolute Gasteiger partial charge is 0.335 e. The number of carbonyl (C=O) groups is 1. The maximum absolute atomic E-state index is 12.1. The zero-order valence-corrected chi connectivity index (χ0v) is 15.0. The summed E-state index contributed by atoms with van der Waals surface area (Å²) in [6.07, 6.45) is 0.634. The first kappa shape index (κ1) is 18.8. The molecule has 128 valence electrons. The lowest BCUT2D eigenvalue weighted by Crippen LogP contribution is -2.06. The highest BCUT2D eigenvalue weighted by Crippen LogP contribution is 2.23. The van der Waals surface area contributed by atoms with Crippen molar-refractivity contribution in [1.82, 2.24) is 0 Å². The lowest BCUT2D eigenvalue weighted by molar-refractivity contribution is 0.0697. The van der Waals surface area contributed by atoms with Crippen LogP contribution in [0.4, 0.5) is 0 Å². The summed E-state index contributed by atoms with van der Waals surface area (Å²) in [5.41, 5.74) is 1.10. The summed E-state index contributed by atoms with van der Waals surface area (Å²) in [5.74, 6) is 0.548. The van der Waals surface area contributed by atoms with E-state index in [9.17, 15) is 9.00 Å². The van der Waals surface area contributed by atoms with E-state index in [-0.39, 0.29) is 5.56 Å². The van der Waals surface area contributed by atoms with Gasteiger partial charge in [-0.05, 0) is 48.4 Å². The van der Waals surface area contributed by atoms with Crippen LogP contribution in [0.2, 0.25) is 10.0 Å². The summed E-state index contributed by atoms with van der Waals surface area (Å²) in [6, 6.07) is 11.4. The van der Waals surface area contributed by atoms with E-state index in [1.54, 1.807) is 24.3 Å². The van der Waals surface area contributed by atoms with Gasteiger partial charge in [0.2, 0.25) is 0 Å². The van der Waals surface area contributed by atoms with Crippen LogP contribution in [0.15, 0.2) is 42.5 Å². The minimum absolute atomic E-state index is 0.213. The van der Waals surface area contributed by atoms with E-state index in [0.29, 0.717) is 40.3 Å². The van der Waals surface area contributed by atoms with Crippen molar-refractivity contribution in [3.8, 4) is 5.75 Å². The Balaban J connectivity index is 1.72. The number of carboxylic acid groups (broad SMARTS) is 1. The molecule has 24 heavy (non-hydrogen) atoms. The van der Waals surface area contributed by atoms with Crippen molar-refractivity contribution in [2.45, 2.75) is 12.2 Å². The molecule has 0 saturated heterocycles. The molecule has 0 radical (unpaired) electrons. The van der Waals surface area contributed by atoms with Gasteiger partial charge >= 0.3 is 5.97 Å². The Kier molecular flexibility index (Phi) is 7.09. The van der Waals surface area contributed by atoms with Gasteiger partial charge in [0.1, 0.15) is 5.75 Å². The Bertz CT molecular complexity index is 732. The van der Waals surface area contributed by atoms with Gasteiger partial charge in [0.05, 0.1) is 22.2 Å². The fourth-order valence-corrected chi connectivity index (χ4v) is 3.45. The Labute approximate surface area is 152 Å². The maximum atomic E-state index is 12.1. The largest absolute Gasteiger partial charge is 0.494 e. The van der Waals surface area contributed by atoms with Gasteiger partial charge in [0, 0.05) is 22.3 Å². The molecule has 1 unspecified atom stereocenters. The number of benzene rings is 2. The number of hydrogen-bond acceptors (Lipinski definition) is 3. The van der Waals surface area contributed by atoms with Crippen molar-refractivity contribution in [3.63, 3.8) is 0 Å². The molecule has 0 aliphatic carbocycles. The first-order valence-corrected chi connectivity index (χ1v) is 9.45. The van der Waals surface area contributed by atoms with Gasteiger partial charge in [0.25, 0.3) is 0 Å². The third-order valence-corrected chi connectivity index (χ3v) is 5.34. The van der Waals surface area contributed by atoms with Crippen molar-refractivity contribution < 1.29 is 18.8 Å². The van der Waals surface area contributed by atoms with Crippen molar-refractivity contribution in [2.24, 2.45) is 0 Å². The van der Waals surface area contributed by atoms with Crippen LogP contribution >= 0.6 is 23.2 Å². The van der Waals surface area contributed by atoms with E-state index < -0.39 is 16.8 Å². The first-order valence-electron chi connectivity index (χ1n) is 7.21. The molecule has 0 aromatic heterocycles. The molecule has 1 N–H and O–H groups in total. The van der Waals surface area contributed by atoms with Gasteiger partial charge in [-0.3, -0.25) is 4.21 Å². The summed E-state index contributed by atoms with van der Waals surface area (Å²) in [4.78, 5) is 10.7. The molecule has 0 aliphatic heterocycles. The van der Waals surface area contributed by atoms with Crippen molar-refractivity contribution in [2.75, 3.05) is 12.4 Å². The fraction of sp³-hybridized carbons (Fsp3) is 0.235. The summed E-state index contributed by atoms with van der Waals surface area (Å²) in [6.45, 7) is 0.416. The molecule has 0 fully saturated rings. The van der Waals surface area contributed by atoms with Gasteiger partial charge in [-0.15, -0.1) is 0 Å². The maximum Gasteiger partial charge on any atom is 0.335 e. The minimum atomic E-state index is -1.01. The molecule has 2 rings (SSSR count). The van der Waals surface area contributed by atoms with Crippen LogP contribution < -0.4 is 4.74 Å². The van der Waals surface area contributed by atoms with Crippen molar-refractivity contribution in [3.05, 3.63) is 63.6 Å². The molecule has 0 heterocycles. The zero-order chi connectivity index (χ0) is 17.5. The number of aromatic carboxylic acids is 1. The summed E-state index contributed by atoms with van der Waals surface area (Å²) >= 11 is 11.8. The highest BCUT2D eigenvalue weighted by molar-refractivity contribution is 7.84. The second-order valence-corrected chi connectivity index (χ2v) is 7.46. The minimum Gasteiger partial charge on any atom is -0.494 e. The number of rotatable bonds is 8. The third-order valence-electron chi connectivity index (χ3n) is 3.20. The monoisotopic (exact) mass is 386 g/mol. The second kappa shape index (κ2) is 9.06. The van der Waals surface area contributed by atoms with Crippen LogP contribution in [0.3, 0.4) is 0 Å². The molecule has 2 aromatic carbocycles. The lowest BCUT2D eigenvalue weighted by atomic mass is 10.2. The molecule has 0 aliphatic rings. The molecule has 0 saturated carbocycles. The van der Waals surface area contributed by atoms with E-state index >= 15 is 0 Å². The van der Waals surface area contributed by atoms with Crippen LogP contribution in [0, 0.1) is 0 Å². The predicted octanol–water partition coefficient (Wildman–Crippen LogP) is 4.41. The summed E-state index contributed by atoms with van der Waals surface area (Å²) < 4.78 is 17.6. The number of ether oxygens (including phenoxy) is 1. The van der Waals surface area contributed by atoms with E-state index in [2.05, 4.69) is 0 Å². The Morgan fingerprint density at radius 3 is 2.42 bits per heavy atom. The molecule has 4 nitrogen and oxygen atoms in total. The fourth-order valence-electron chi connectivity index (χ4n) is 1.99. The van der Waals surface area contributed by atoms with Gasteiger partial charge in [-0.25, -0.2) is 4.79 Å². The van der Waals surface area contributed by atoms with Gasteiger partial charge < -0.3 is 9.84 Å². The summed E-state index contributed by atoms with van der Waals surface area (Å²) in [5, 5.41) is 9.75. The Morgan fingerprint density at radius 1 is 1.08 bits per heavy atom. The van der Waals surface area contributed by atoms with Gasteiger partial charge in [-0.2, -0.15) is 0 Å². The van der Waals surface area contributed by atoms with Crippen LogP contribution in [-0.2, 0) is 16.6 Å². The number of halogens is 2. The highest BCUT2D eigenvalue weighted by atomic mass is 35.5. The zero-order valence-electron chi connectivity index (χ0n) is 12.7. The van der Waals surface area contributed by atoms with E-state index in [1.165, 1.54) is 12.1 Å². The Hall–Kier alpha value is -1.56. The lowest BCUT2D eigenvalue weighted by Gasteiger charge is -2.07. The average Bonchev–Trinajstić information content (AvgIpc) is 2.55. The van der Waals surface area contributed by atoms with Crippen molar-refractivity contribution in [1.29, 1.82) is 0 Å². The predicted molar refractivity (Wildman–Crippen MR) is 96.7 cm³/mol. The van der Waals surface area contributed by atoms with E-state index in [0.717, 1.165) is 5.56 Å². The number of hydrogen-bond donors (Lipinski definition) is 1. The average molecular weight is 387 g/mol. The molecule has 0 spiro atoms. The molecule has 2 aromatic rings. The normalized spacial score (nSPS) is 11.9. The van der Waals surface area contributed by atoms with Crippen LogP contribution in [0.1, 0.15) is 22.3 Å². The van der Waals surface area contributed by atoms with Crippen molar-refractivity contribution >= 4 is 40.0 Å². The molecule has 0 bridgehead atoms. The standard InChI is InChI=1S/C17H16Cl2O4S/c18-15-7-2-12(10-16(15)19)11-24(22)9-1-8-23-14-5-3-13(4-6-14)17(20)21/h2-7,10H,1,8-9,11H2,(H,20,21). The first-order chi connectivity index (χ1) is 11.5. The van der Waals surface area contributed by atoms with Gasteiger partial charge in [-0.1, -0.05) is 29.3 Å². The Morgan fingerprint density at radius 2 is 1.79 bits per heavy atom. The molecule has 7 heteroatoms. The number of carboxylic acids is 1. The van der Waals surface area contributed by atoms with E-state index in [4.69, 9.17) is 33.0 Å².